The maximum absolute atomic E-state index is 13.0. The van der Waals surface area contributed by atoms with Crippen LogP contribution in [0.1, 0.15) is 23.2 Å². The van der Waals surface area contributed by atoms with E-state index in [0.717, 1.165) is 37.2 Å². The molecule has 0 bridgehead atoms. The molecule has 4 heterocycles. The summed E-state index contributed by atoms with van der Waals surface area (Å²) in [6.07, 6.45) is 3.85. The van der Waals surface area contributed by atoms with Crippen molar-refractivity contribution in [3.63, 3.8) is 0 Å². The summed E-state index contributed by atoms with van der Waals surface area (Å²) < 4.78 is 1.50. The lowest BCUT2D eigenvalue weighted by molar-refractivity contribution is 0.0932. The lowest BCUT2D eigenvalue weighted by Crippen LogP contribution is -2.45. The van der Waals surface area contributed by atoms with Crippen LogP contribution in [0.2, 0.25) is 0 Å². The molecule has 1 fully saturated rings. The molecule has 0 saturated carbocycles. The Morgan fingerprint density at radius 3 is 2.96 bits per heavy atom. The molecule has 142 valence electrons. The smallest absolute Gasteiger partial charge is 0.348 e. The molecule has 28 heavy (non-hydrogen) atoms. The molecule has 5 rings (SSSR count). The summed E-state index contributed by atoms with van der Waals surface area (Å²) in [4.78, 5) is 28.5. The van der Waals surface area contributed by atoms with Gasteiger partial charge in [-0.1, -0.05) is 12.1 Å². The zero-order valence-electron chi connectivity index (χ0n) is 15.2. The van der Waals surface area contributed by atoms with Gasteiger partial charge >= 0.3 is 5.69 Å². The first kappa shape index (κ1) is 16.8. The molecule has 3 aromatic heterocycles. The van der Waals surface area contributed by atoms with Gasteiger partial charge in [0, 0.05) is 35.4 Å². The summed E-state index contributed by atoms with van der Waals surface area (Å²) in [5.74, 6) is -0.149. The van der Waals surface area contributed by atoms with Gasteiger partial charge in [0.25, 0.3) is 5.91 Å². The second-order valence-electron chi connectivity index (χ2n) is 7.11. The Balaban J connectivity index is 1.66. The number of fused-ring (bicyclic) bond motifs is 3. The quantitative estimate of drug-likeness (QED) is 0.436. The molecule has 1 atom stereocenters. The number of carbonyl (C=O) groups is 1. The van der Waals surface area contributed by atoms with Crippen molar-refractivity contribution in [1.82, 2.24) is 30.2 Å². The predicted molar refractivity (Wildman–Crippen MR) is 106 cm³/mol. The standard InChI is InChI=1S/C20H20N6O2/c27-19(23-13-3-1-7-21-11-13)15-10-18-24-25-20(28)26(18)17-9-12(5-6-14(15)17)16-4-2-8-22-16/h2,4-6,8-10,13,21-22H,1,3,7,11H2,(H,23,27)(H,25,28)/t13-/m0/s1. The molecule has 8 nitrogen and oxygen atoms in total. The monoisotopic (exact) mass is 376 g/mol. The van der Waals surface area contributed by atoms with Crippen LogP contribution in [-0.4, -0.2) is 44.6 Å². The van der Waals surface area contributed by atoms with E-state index in [1.165, 1.54) is 4.40 Å². The topological polar surface area (TPSA) is 107 Å². The van der Waals surface area contributed by atoms with Crippen molar-refractivity contribution in [3.05, 3.63) is 58.6 Å². The normalized spacial score (nSPS) is 17.2. The third-order valence-corrected chi connectivity index (χ3v) is 5.29. The number of amides is 1. The van der Waals surface area contributed by atoms with E-state index in [1.54, 1.807) is 6.07 Å². The molecule has 4 N–H and O–H groups in total. The highest BCUT2D eigenvalue weighted by atomic mass is 16.2. The second-order valence-corrected chi connectivity index (χ2v) is 7.11. The lowest BCUT2D eigenvalue weighted by Gasteiger charge is -2.24. The minimum absolute atomic E-state index is 0.104. The lowest BCUT2D eigenvalue weighted by atomic mass is 10.0. The van der Waals surface area contributed by atoms with Crippen molar-refractivity contribution < 1.29 is 4.79 Å². The third-order valence-electron chi connectivity index (χ3n) is 5.29. The highest BCUT2D eigenvalue weighted by molar-refractivity contribution is 6.08. The van der Waals surface area contributed by atoms with Gasteiger partial charge in [0.15, 0.2) is 5.65 Å². The van der Waals surface area contributed by atoms with Gasteiger partial charge in [0.2, 0.25) is 0 Å². The van der Waals surface area contributed by atoms with Crippen LogP contribution in [0.5, 0.6) is 0 Å². The van der Waals surface area contributed by atoms with Crippen LogP contribution >= 0.6 is 0 Å². The van der Waals surface area contributed by atoms with Crippen molar-refractivity contribution in [3.8, 4) is 11.3 Å². The first-order chi connectivity index (χ1) is 13.7. The highest BCUT2D eigenvalue weighted by Crippen LogP contribution is 2.26. The number of pyridine rings is 1. The Morgan fingerprint density at radius 2 is 2.18 bits per heavy atom. The van der Waals surface area contributed by atoms with E-state index in [1.807, 2.05) is 36.5 Å². The fourth-order valence-corrected chi connectivity index (χ4v) is 3.89. The molecular weight excluding hydrogens is 356 g/mol. The van der Waals surface area contributed by atoms with Crippen LogP contribution in [0.3, 0.4) is 0 Å². The van der Waals surface area contributed by atoms with Crippen LogP contribution in [0.15, 0.2) is 47.4 Å². The molecule has 0 aliphatic carbocycles. The van der Waals surface area contributed by atoms with Crippen LogP contribution in [0, 0.1) is 0 Å². The predicted octanol–water partition coefficient (Wildman–Crippen LogP) is 1.65. The Labute approximate surface area is 160 Å². The van der Waals surface area contributed by atoms with Crippen LogP contribution < -0.4 is 16.3 Å². The molecular formula is C20H20N6O2. The Bertz CT molecular complexity index is 1210. The second kappa shape index (κ2) is 6.65. The summed E-state index contributed by atoms with van der Waals surface area (Å²) in [6.45, 7) is 1.75. The van der Waals surface area contributed by atoms with E-state index in [-0.39, 0.29) is 17.6 Å². The molecule has 1 aromatic carbocycles. The van der Waals surface area contributed by atoms with E-state index in [9.17, 15) is 9.59 Å². The number of benzene rings is 1. The van der Waals surface area contributed by atoms with Gasteiger partial charge in [-0.15, -0.1) is 0 Å². The third kappa shape index (κ3) is 2.78. The van der Waals surface area contributed by atoms with E-state index in [0.29, 0.717) is 22.1 Å². The van der Waals surface area contributed by atoms with Crippen molar-refractivity contribution in [1.29, 1.82) is 0 Å². The van der Waals surface area contributed by atoms with Crippen molar-refractivity contribution in [2.24, 2.45) is 0 Å². The maximum atomic E-state index is 13.0. The summed E-state index contributed by atoms with van der Waals surface area (Å²) >= 11 is 0. The Morgan fingerprint density at radius 1 is 1.25 bits per heavy atom. The van der Waals surface area contributed by atoms with Crippen molar-refractivity contribution in [2.75, 3.05) is 13.1 Å². The minimum Gasteiger partial charge on any atom is -0.361 e. The highest BCUT2D eigenvalue weighted by Gasteiger charge is 2.20. The number of aromatic nitrogens is 4. The number of hydrogen-bond donors (Lipinski definition) is 4. The Hall–Kier alpha value is -3.39. The van der Waals surface area contributed by atoms with Gasteiger partial charge in [0.1, 0.15) is 0 Å². The van der Waals surface area contributed by atoms with E-state index in [4.69, 9.17) is 0 Å². The fraction of sp³-hybridized carbons (Fsp3) is 0.250. The number of nitrogens with one attached hydrogen (secondary N) is 4. The molecule has 0 unspecified atom stereocenters. The number of aromatic amines is 2. The summed E-state index contributed by atoms with van der Waals surface area (Å²) in [7, 11) is 0. The molecule has 1 aliphatic heterocycles. The van der Waals surface area contributed by atoms with Crippen LogP contribution in [-0.2, 0) is 0 Å². The van der Waals surface area contributed by atoms with E-state index < -0.39 is 0 Å². The van der Waals surface area contributed by atoms with Gasteiger partial charge < -0.3 is 15.6 Å². The average Bonchev–Trinajstić information content (AvgIpc) is 3.38. The minimum atomic E-state index is -0.327. The number of carbonyl (C=O) groups excluding carboxylic acids is 1. The van der Waals surface area contributed by atoms with Crippen LogP contribution in [0.25, 0.3) is 27.8 Å². The van der Waals surface area contributed by atoms with Crippen molar-refractivity contribution >= 4 is 22.5 Å². The largest absolute Gasteiger partial charge is 0.361 e. The van der Waals surface area contributed by atoms with Gasteiger partial charge in [-0.2, -0.15) is 5.10 Å². The number of hydrogen-bond acceptors (Lipinski definition) is 4. The van der Waals surface area contributed by atoms with E-state index >= 15 is 0 Å². The average molecular weight is 376 g/mol. The molecule has 1 saturated heterocycles. The number of H-pyrrole nitrogens is 2. The molecule has 1 aliphatic rings. The summed E-state index contributed by atoms with van der Waals surface area (Å²) in [5.41, 5.74) is 3.14. The first-order valence-electron chi connectivity index (χ1n) is 9.40. The van der Waals surface area contributed by atoms with E-state index in [2.05, 4.69) is 25.8 Å². The first-order valence-corrected chi connectivity index (χ1v) is 9.40. The molecule has 0 spiro atoms. The SMILES string of the molecule is O=C(N[C@H]1CCCNC1)c1cc2n[nH]c(=O)n2c2cc(-c3ccc[nH]3)ccc12. The molecule has 8 heteroatoms. The van der Waals surface area contributed by atoms with Gasteiger partial charge in [0.05, 0.1) is 11.1 Å². The number of rotatable bonds is 3. The molecule has 0 radical (unpaired) electrons. The Kier molecular flexibility index (Phi) is 3.98. The number of nitrogens with zero attached hydrogens (tertiary/aromatic N) is 2. The van der Waals surface area contributed by atoms with Gasteiger partial charge in [-0.25, -0.2) is 14.3 Å². The fourth-order valence-electron chi connectivity index (χ4n) is 3.89. The summed E-state index contributed by atoms with van der Waals surface area (Å²) in [5, 5.41) is 13.7. The maximum Gasteiger partial charge on any atom is 0.348 e. The zero-order valence-corrected chi connectivity index (χ0v) is 15.2. The van der Waals surface area contributed by atoms with Crippen LogP contribution in [0.4, 0.5) is 0 Å². The number of piperidine rings is 1. The molecule has 1 amide bonds. The van der Waals surface area contributed by atoms with Gasteiger partial charge in [-0.3, -0.25) is 4.79 Å². The zero-order chi connectivity index (χ0) is 19.1. The molecule has 4 aromatic rings. The summed E-state index contributed by atoms with van der Waals surface area (Å²) in [6, 6.07) is 11.4. The van der Waals surface area contributed by atoms with Gasteiger partial charge in [-0.05, 0) is 43.7 Å². The van der Waals surface area contributed by atoms with Crippen molar-refractivity contribution in [2.45, 2.75) is 18.9 Å².